The second-order valence-electron chi connectivity index (χ2n) is 7.33. The number of pyridine rings is 1. The van der Waals surface area contributed by atoms with Gasteiger partial charge in [0, 0.05) is 31.9 Å². The highest BCUT2D eigenvalue weighted by Gasteiger charge is 2.18. The number of anilines is 1. The van der Waals surface area contributed by atoms with Crippen molar-refractivity contribution in [1.82, 2.24) is 15.6 Å². The molecular weight excluding hydrogens is 453 g/mol. The minimum atomic E-state index is 0. The van der Waals surface area contributed by atoms with Gasteiger partial charge >= 0.3 is 0 Å². The van der Waals surface area contributed by atoms with Crippen LogP contribution in [0.2, 0.25) is 0 Å². The van der Waals surface area contributed by atoms with Crippen LogP contribution in [0.3, 0.4) is 0 Å². The van der Waals surface area contributed by atoms with Gasteiger partial charge in [0.25, 0.3) is 0 Å². The molecule has 0 radical (unpaired) electrons. The Morgan fingerprint density at radius 1 is 1.30 bits per heavy atom. The van der Waals surface area contributed by atoms with Crippen molar-refractivity contribution in [3.05, 3.63) is 23.9 Å². The molecule has 1 saturated carbocycles. The maximum atomic E-state index is 5.60. The lowest BCUT2D eigenvalue weighted by Crippen LogP contribution is -2.44. The number of hydrogen-bond acceptors (Lipinski definition) is 4. The van der Waals surface area contributed by atoms with Crippen LogP contribution in [0.15, 0.2) is 23.3 Å². The number of nitrogens with one attached hydrogen (secondary N) is 2. The second-order valence-corrected chi connectivity index (χ2v) is 7.33. The van der Waals surface area contributed by atoms with Gasteiger partial charge in [-0.1, -0.05) is 25.3 Å². The van der Waals surface area contributed by atoms with Crippen molar-refractivity contribution in [2.75, 3.05) is 31.1 Å². The molecule has 2 heterocycles. The number of morpholine rings is 1. The molecule has 3 rings (SSSR count). The largest absolute Gasteiger partial charge is 0.375 e. The van der Waals surface area contributed by atoms with Gasteiger partial charge in [-0.3, -0.25) is 0 Å². The first-order valence-corrected chi connectivity index (χ1v) is 10.1. The molecule has 1 aliphatic carbocycles. The lowest BCUT2D eigenvalue weighted by molar-refractivity contribution is 0.0529. The molecule has 27 heavy (non-hydrogen) atoms. The fraction of sp³-hybridized carbons (Fsp3) is 0.700. The van der Waals surface area contributed by atoms with E-state index in [0.29, 0.717) is 12.6 Å². The number of aromatic nitrogens is 1. The monoisotopic (exact) mass is 487 g/mol. The minimum absolute atomic E-state index is 0. The first-order valence-electron chi connectivity index (χ1n) is 10.1. The van der Waals surface area contributed by atoms with Gasteiger partial charge in [0.2, 0.25) is 0 Å². The molecule has 1 aromatic rings. The zero-order valence-electron chi connectivity index (χ0n) is 16.6. The zero-order valence-corrected chi connectivity index (χ0v) is 18.9. The predicted molar refractivity (Wildman–Crippen MR) is 122 cm³/mol. The molecule has 1 unspecified atom stereocenters. The summed E-state index contributed by atoms with van der Waals surface area (Å²) in [4.78, 5) is 11.7. The van der Waals surface area contributed by atoms with Crippen LogP contribution in [0.25, 0.3) is 0 Å². The SMILES string of the molecule is CCNC(=NCc1ccc(N2CCOC(C)C2)nc1)NC1CCCCC1.I. The summed E-state index contributed by atoms with van der Waals surface area (Å²) in [5.74, 6) is 1.95. The van der Waals surface area contributed by atoms with Crippen LogP contribution in [0.1, 0.15) is 51.5 Å². The Hall–Kier alpha value is -1.09. The third-order valence-corrected chi connectivity index (χ3v) is 5.08. The molecule has 0 amide bonds. The molecule has 152 valence electrons. The quantitative estimate of drug-likeness (QED) is 0.379. The van der Waals surface area contributed by atoms with E-state index in [1.165, 1.54) is 32.1 Å². The molecule has 2 N–H and O–H groups in total. The summed E-state index contributed by atoms with van der Waals surface area (Å²) in [6.45, 7) is 8.33. The Kier molecular flexibility index (Phi) is 9.61. The number of aliphatic imine (C=N–C) groups is 1. The average Bonchev–Trinajstić information content (AvgIpc) is 2.67. The highest BCUT2D eigenvalue weighted by atomic mass is 127. The van der Waals surface area contributed by atoms with E-state index < -0.39 is 0 Å². The smallest absolute Gasteiger partial charge is 0.191 e. The normalized spacial score (nSPS) is 21.5. The van der Waals surface area contributed by atoms with E-state index in [9.17, 15) is 0 Å². The Balaban J connectivity index is 0.00000261. The summed E-state index contributed by atoms with van der Waals surface area (Å²) < 4.78 is 5.60. The molecule has 2 aliphatic rings. The molecule has 0 bridgehead atoms. The van der Waals surface area contributed by atoms with Crippen molar-refractivity contribution in [3.8, 4) is 0 Å². The van der Waals surface area contributed by atoms with Gasteiger partial charge in [-0.25, -0.2) is 9.98 Å². The number of halogens is 1. The molecule has 7 heteroatoms. The minimum Gasteiger partial charge on any atom is -0.375 e. The van der Waals surface area contributed by atoms with Gasteiger partial charge in [-0.2, -0.15) is 0 Å². The van der Waals surface area contributed by atoms with Crippen molar-refractivity contribution >= 4 is 35.8 Å². The molecule has 0 aromatic carbocycles. The maximum absolute atomic E-state index is 5.60. The Bertz CT molecular complexity index is 574. The molecule has 1 aliphatic heterocycles. The van der Waals surface area contributed by atoms with Gasteiger partial charge in [0.1, 0.15) is 5.82 Å². The molecule has 1 aromatic heterocycles. The van der Waals surface area contributed by atoms with Crippen LogP contribution < -0.4 is 15.5 Å². The molecular formula is C20H34IN5O. The first-order chi connectivity index (χ1) is 12.7. The third-order valence-electron chi connectivity index (χ3n) is 5.08. The van der Waals surface area contributed by atoms with E-state index in [2.05, 4.69) is 46.5 Å². The zero-order chi connectivity index (χ0) is 18.2. The summed E-state index contributed by atoms with van der Waals surface area (Å²) in [5.41, 5.74) is 1.14. The number of guanidine groups is 1. The van der Waals surface area contributed by atoms with Crippen molar-refractivity contribution in [2.24, 2.45) is 4.99 Å². The predicted octanol–water partition coefficient (Wildman–Crippen LogP) is 3.31. The van der Waals surface area contributed by atoms with Crippen LogP contribution in [0.5, 0.6) is 0 Å². The third kappa shape index (κ3) is 7.10. The number of hydrogen-bond donors (Lipinski definition) is 2. The van der Waals surface area contributed by atoms with Gasteiger partial charge in [0.15, 0.2) is 5.96 Å². The average molecular weight is 487 g/mol. The lowest BCUT2D eigenvalue weighted by Gasteiger charge is -2.32. The topological polar surface area (TPSA) is 61.8 Å². The van der Waals surface area contributed by atoms with Crippen molar-refractivity contribution < 1.29 is 4.74 Å². The van der Waals surface area contributed by atoms with Crippen LogP contribution in [-0.4, -0.2) is 49.3 Å². The number of nitrogens with zero attached hydrogens (tertiary/aromatic N) is 3. The molecule has 0 spiro atoms. The van der Waals surface area contributed by atoms with Crippen LogP contribution in [0, 0.1) is 0 Å². The second kappa shape index (κ2) is 11.7. The van der Waals surface area contributed by atoms with Crippen LogP contribution in [0.4, 0.5) is 5.82 Å². The molecule has 2 fully saturated rings. The standard InChI is InChI=1S/C20H33N5O.HI/c1-3-21-20(24-18-7-5-4-6-8-18)23-14-17-9-10-19(22-13-17)25-11-12-26-16(2)15-25;/h9-10,13,16,18H,3-8,11-12,14-15H2,1-2H3,(H2,21,23,24);1H. The summed E-state index contributed by atoms with van der Waals surface area (Å²) in [6.07, 6.45) is 8.72. The maximum Gasteiger partial charge on any atom is 0.191 e. The van der Waals surface area contributed by atoms with Crippen molar-refractivity contribution in [2.45, 2.75) is 64.6 Å². The fourth-order valence-electron chi connectivity index (χ4n) is 3.65. The highest BCUT2D eigenvalue weighted by molar-refractivity contribution is 14.0. The molecule has 1 saturated heterocycles. The fourth-order valence-corrected chi connectivity index (χ4v) is 3.65. The van der Waals surface area contributed by atoms with Crippen LogP contribution >= 0.6 is 24.0 Å². The Labute approximate surface area is 180 Å². The molecule has 6 nitrogen and oxygen atoms in total. The first kappa shape index (κ1) is 22.2. The van der Waals surface area contributed by atoms with E-state index in [-0.39, 0.29) is 30.1 Å². The van der Waals surface area contributed by atoms with Crippen molar-refractivity contribution in [3.63, 3.8) is 0 Å². The Morgan fingerprint density at radius 2 is 2.11 bits per heavy atom. The van der Waals surface area contributed by atoms with E-state index >= 15 is 0 Å². The molecule has 1 atom stereocenters. The summed E-state index contributed by atoms with van der Waals surface area (Å²) in [6, 6.07) is 4.80. The van der Waals surface area contributed by atoms with E-state index in [0.717, 1.165) is 43.6 Å². The van der Waals surface area contributed by atoms with Gasteiger partial charge in [-0.05, 0) is 38.3 Å². The van der Waals surface area contributed by atoms with Gasteiger partial charge in [-0.15, -0.1) is 24.0 Å². The van der Waals surface area contributed by atoms with E-state index in [1.807, 2.05) is 6.20 Å². The Morgan fingerprint density at radius 3 is 2.78 bits per heavy atom. The van der Waals surface area contributed by atoms with Gasteiger partial charge < -0.3 is 20.3 Å². The lowest BCUT2D eigenvalue weighted by atomic mass is 9.96. The highest BCUT2D eigenvalue weighted by Crippen LogP contribution is 2.18. The van der Waals surface area contributed by atoms with Gasteiger partial charge in [0.05, 0.1) is 19.3 Å². The van der Waals surface area contributed by atoms with E-state index in [4.69, 9.17) is 9.73 Å². The summed E-state index contributed by atoms with van der Waals surface area (Å²) >= 11 is 0. The van der Waals surface area contributed by atoms with Crippen LogP contribution in [-0.2, 0) is 11.3 Å². The number of rotatable bonds is 5. The number of ether oxygens (including phenoxy) is 1. The van der Waals surface area contributed by atoms with Crippen molar-refractivity contribution in [1.29, 1.82) is 0 Å². The summed E-state index contributed by atoms with van der Waals surface area (Å²) in [7, 11) is 0. The summed E-state index contributed by atoms with van der Waals surface area (Å²) in [5, 5.41) is 6.96. The van der Waals surface area contributed by atoms with E-state index in [1.54, 1.807) is 0 Å².